The lowest BCUT2D eigenvalue weighted by molar-refractivity contribution is 0.733. The molecule has 86 valence electrons. The summed E-state index contributed by atoms with van der Waals surface area (Å²) in [5, 5.41) is 0. The van der Waals surface area contributed by atoms with E-state index in [0.29, 0.717) is 0 Å². The van der Waals surface area contributed by atoms with Gasteiger partial charge in [0.2, 0.25) is 0 Å². The highest BCUT2D eigenvalue weighted by Crippen LogP contribution is 2.27. The highest BCUT2D eigenvalue weighted by Gasteiger charge is 2.17. The zero-order valence-electron chi connectivity index (χ0n) is 9.63. The molecular weight excluding hydrogens is 210 g/mol. The van der Waals surface area contributed by atoms with Crippen molar-refractivity contribution in [1.82, 2.24) is 4.98 Å². The number of anilines is 2. The minimum Gasteiger partial charge on any atom is -0.398 e. The quantitative estimate of drug-likeness (QED) is 0.757. The van der Waals surface area contributed by atoms with E-state index >= 15 is 0 Å². The molecule has 1 aromatic heterocycles. The van der Waals surface area contributed by atoms with E-state index in [4.69, 9.17) is 5.73 Å². The third kappa shape index (κ3) is 1.84. The van der Waals surface area contributed by atoms with Crippen molar-refractivity contribution in [2.45, 2.75) is 13.0 Å². The normalized spacial score (nSPS) is 14.5. The summed E-state index contributed by atoms with van der Waals surface area (Å²) in [6.07, 6.45) is 4.72. The number of rotatable bonds is 1. The minimum atomic E-state index is 0.895. The number of hydrogen-bond acceptors (Lipinski definition) is 3. The predicted molar refractivity (Wildman–Crippen MR) is 69.8 cm³/mol. The SMILES string of the molecule is Nc1cccc2c1CN(c1ccncc1)CC2. The number of nitrogen functional groups attached to an aromatic ring is 1. The molecule has 0 atom stereocenters. The van der Waals surface area contributed by atoms with Gasteiger partial charge in [-0.25, -0.2) is 0 Å². The Balaban J connectivity index is 1.93. The maximum absolute atomic E-state index is 6.04. The van der Waals surface area contributed by atoms with E-state index in [0.717, 1.165) is 25.2 Å². The Morgan fingerprint density at radius 2 is 1.94 bits per heavy atom. The van der Waals surface area contributed by atoms with Gasteiger partial charge in [-0.15, -0.1) is 0 Å². The van der Waals surface area contributed by atoms with E-state index in [-0.39, 0.29) is 0 Å². The molecule has 3 rings (SSSR count). The summed E-state index contributed by atoms with van der Waals surface area (Å²) in [6, 6.07) is 10.3. The lowest BCUT2D eigenvalue weighted by atomic mass is 9.98. The molecule has 1 aliphatic heterocycles. The van der Waals surface area contributed by atoms with E-state index < -0.39 is 0 Å². The molecule has 0 saturated heterocycles. The van der Waals surface area contributed by atoms with E-state index in [1.165, 1.54) is 16.8 Å². The van der Waals surface area contributed by atoms with Gasteiger partial charge in [-0.3, -0.25) is 4.98 Å². The van der Waals surface area contributed by atoms with Gasteiger partial charge in [0, 0.05) is 36.9 Å². The lowest BCUT2D eigenvalue weighted by Crippen LogP contribution is -2.30. The second kappa shape index (κ2) is 4.09. The van der Waals surface area contributed by atoms with Crippen molar-refractivity contribution < 1.29 is 0 Å². The van der Waals surface area contributed by atoms with E-state index in [1.807, 2.05) is 36.7 Å². The van der Waals surface area contributed by atoms with Gasteiger partial charge in [0.05, 0.1) is 0 Å². The molecule has 0 spiro atoms. The van der Waals surface area contributed by atoms with Gasteiger partial charge in [-0.05, 0) is 35.7 Å². The smallest absolute Gasteiger partial charge is 0.0452 e. The van der Waals surface area contributed by atoms with Gasteiger partial charge in [-0.2, -0.15) is 0 Å². The summed E-state index contributed by atoms with van der Waals surface area (Å²) >= 11 is 0. The summed E-state index contributed by atoms with van der Waals surface area (Å²) in [4.78, 5) is 6.40. The Morgan fingerprint density at radius 3 is 2.76 bits per heavy atom. The first-order chi connectivity index (χ1) is 8.34. The second-order valence-electron chi connectivity index (χ2n) is 4.36. The molecule has 0 bridgehead atoms. The number of nitrogens with zero attached hydrogens (tertiary/aromatic N) is 2. The molecule has 0 unspecified atom stereocenters. The zero-order chi connectivity index (χ0) is 11.7. The molecule has 3 nitrogen and oxygen atoms in total. The van der Waals surface area contributed by atoms with Crippen LogP contribution in [0.4, 0.5) is 11.4 Å². The van der Waals surface area contributed by atoms with Crippen molar-refractivity contribution in [1.29, 1.82) is 0 Å². The molecule has 0 radical (unpaired) electrons. The summed E-state index contributed by atoms with van der Waals surface area (Å²) in [7, 11) is 0. The summed E-state index contributed by atoms with van der Waals surface area (Å²) < 4.78 is 0. The Labute approximate surface area is 101 Å². The van der Waals surface area contributed by atoms with Crippen molar-refractivity contribution in [3.8, 4) is 0 Å². The molecule has 3 heteroatoms. The third-order valence-corrected chi connectivity index (χ3v) is 3.34. The van der Waals surface area contributed by atoms with Gasteiger partial charge in [-0.1, -0.05) is 12.1 Å². The van der Waals surface area contributed by atoms with Gasteiger partial charge in [0.1, 0.15) is 0 Å². The fraction of sp³-hybridized carbons (Fsp3) is 0.214. The molecule has 17 heavy (non-hydrogen) atoms. The van der Waals surface area contributed by atoms with Crippen LogP contribution >= 0.6 is 0 Å². The lowest BCUT2D eigenvalue weighted by Gasteiger charge is -2.31. The highest BCUT2D eigenvalue weighted by molar-refractivity contribution is 5.56. The van der Waals surface area contributed by atoms with Crippen LogP contribution in [0.3, 0.4) is 0 Å². The first-order valence-electron chi connectivity index (χ1n) is 5.86. The fourth-order valence-corrected chi connectivity index (χ4v) is 2.38. The molecule has 2 aromatic rings. The van der Waals surface area contributed by atoms with Crippen LogP contribution in [0.15, 0.2) is 42.7 Å². The molecule has 1 aromatic carbocycles. The second-order valence-corrected chi connectivity index (χ2v) is 4.36. The van der Waals surface area contributed by atoms with Crippen LogP contribution in [0, 0.1) is 0 Å². The molecule has 0 aliphatic carbocycles. The summed E-state index contributed by atoms with van der Waals surface area (Å²) in [5.74, 6) is 0. The fourth-order valence-electron chi connectivity index (χ4n) is 2.38. The third-order valence-electron chi connectivity index (χ3n) is 3.34. The van der Waals surface area contributed by atoms with Gasteiger partial charge in [0.25, 0.3) is 0 Å². The van der Waals surface area contributed by atoms with Crippen LogP contribution < -0.4 is 10.6 Å². The van der Waals surface area contributed by atoms with Gasteiger partial charge < -0.3 is 10.6 Å². The average Bonchev–Trinajstić information content (AvgIpc) is 2.40. The largest absolute Gasteiger partial charge is 0.398 e. The standard InChI is InChI=1S/C14H15N3/c15-14-3-1-2-11-6-9-17(10-13(11)14)12-4-7-16-8-5-12/h1-5,7-8H,6,9-10,15H2. The summed E-state index contributed by atoms with van der Waals surface area (Å²) in [6.45, 7) is 1.94. The monoisotopic (exact) mass is 225 g/mol. The van der Waals surface area contributed by atoms with Crippen LogP contribution in [0.25, 0.3) is 0 Å². The zero-order valence-corrected chi connectivity index (χ0v) is 9.63. The molecule has 0 amide bonds. The summed E-state index contributed by atoms with van der Waals surface area (Å²) in [5.41, 5.74) is 10.8. The van der Waals surface area contributed by atoms with Crippen LogP contribution in [-0.2, 0) is 13.0 Å². The molecular formula is C14H15N3. The average molecular weight is 225 g/mol. The molecule has 2 heterocycles. The number of nitrogens with two attached hydrogens (primary N) is 1. The maximum atomic E-state index is 6.04. The Hall–Kier alpha value is -2.03. The van der Waals surface area contributed by atoms with Crippen molar-refractivity contribution in [3.63, 3.8) is 0 Å². The first-order valence-corrected chi connectivity index (χ1v) is 5.86. The topological polar surface area (TPSA) is 42.1 Å². The first kappa shape index (κ1) is 10.1. The van der Waals surface area contributed by atoms with E-state index in [1.54, 1.807) is 0 Å². The van der Waals surface area contributed by atoms with Crippen LogP contribution in [-0.4, -0.2) is 11.5 Å². The molecule has 1 aliphatic rings. The number of fused-ring (bicyclic) bond motifs is 1. The van der Waals surface area contributed by atoms with Crippen molar-refractivity contribution in [3.05, 3.63) is 53.9 Å². The molecule has 0 fully saturated rings. The highest BCUT2D eigenvalue weighted by atomic mass is 15.1. The Morgan fingerprint density at radius 1 is 1.12 bits per heavy atom. The number of aromatic nitrogens is 1. The maximum Gasteiger partial charge on any atom is 0.0452 e. The van der Waals surface area contributed by atoms with Crippen LogP contribution in [0.1, 0.15) is 11.1 Å². The Bertz CT molecular complexity index is 522. The van der Waals surface area contributed by atoms with E-state index in [2.05, 4.69) is 16.0 Å². The molecule has 2 N–H and O–H groups in total. The van der Waals surface area contributed by atoms with Crippen LogP contribution in [0.5, 0.6) is 0 Å². The van der Waals surface area contributed by atoms with Crippen molar-refractivity contribution >= 4 is 11.4 Å². The van der Waals surface area contributed by atoms with Gasteiger partial charge in [0.15, 0.2) is 0 Å². The molecule has 0 saturated carbocycles. The van der Waals surface area contributed by atoms with E-state index in [9.17, 15) is 0 Å². The van der Waals surface area contributed by atoms with Crippen LogP contribution in [0.2, 0.25) is 0 Å². The number of pyridine rings is 1. The minimum absolute atomic E-state index is 0.895. The predicted octanol–water partition coefficient (Wildman–Crippen LogP) is 2.23. The van der Waals surface area contributed by atoms with Crippen molar-refractivity contribution in [2.24, 2.45) is 0 Å². The number of benzene rings is 1. The van der Waals surface area contributed by atoms with Gasteiger partial charge >= 0.3 is 0 Å². The van der Waals surface area contributed by atoms with Crippen molar-refractivity contribution in [2.75, 3.05) is 17.2 Å². The Kier molecular flexibility index (Phi) is 2.44. The number of hydrogen-bond donors (Lipinski definition) is 1.